The first kappa shape index (κ1) is 15.3. The van der Waals surface area contributed by atoms with Crippen molar-refractivity contribution in [2.45, 2.75) is 51.1 Å². The first-order valence-corrected chi connectivity index (χ1v) is 7.11. The summed E-state index contributed by atoms with van der Waals surface area (Å²) in [5.74, 6) is 1.52. The van der Waals surface area contributed by atoms with Crippen molar-refractivity contribution < 1.29 is 9.21 Å². The highest BCUT2D eigenvalue weighted by Gasteiger charge is 2.40. The third-order valence-electron chi connectivity index (χ3n) is 4.63. The van der Waals surface area contributed by atoms with Crippen LogP contribution in [0, 0.1) is 18.8 Å². The second kappa shape index (κ2) is 6.14. The Morgan fingerprint density at radius 1 is 1.40 bits per heavy atom. The molecule has 0 aromatic carbocycles. The maximum atomic E-state index is 12.2. The van der Waals surface area contributed by atoms with Gasteiger partial charge in [0, 0.05) is 12.1 Å². The Morgan fingerprint density at radius 2 is 2.05 bits per heavy atom. The van der Waals surface area contributed by atoms with Crippen LogP contribution in [0.15, 0.2) is 10.8 Å². The van der Waals surface area contributed by atoms with Gasteiger partial charge < -0.3 is 15.5 Å². The number of fused-ring (bicyclic) bond motifs is 2. The average molecular weight is 300 g/mol. The van der Waals surface area contributed by atoms with E-state index in [1.54, 1.807) is 6.92 Å². The van der Waals surface area contributed by atoms with Crippen LogP contribution in [-0.4, -0.2) is 23.0 Å². The minimum Gasteiger partial charge on any atom is -0.448 e. The van der Waals surface area contributed by atoms with Crippen molar-refractivity contribution in [3.8, 4) is 0 Å². The third kappa shape index (κ3) is 2.83. The van der Waals surface area contributed by atoms with E-state index in [1.807, 2.05) is 0 Å². The molecule has 1 amide bonds. The molecule has 1 aromatic rings. The lowest BCUT2D eigenvalue weighted by Gasteiger charge is -2.45. The zero-order chi connectivity index (χ0) is 13.4. The number of amides is 1. The van der Waals surface area contributed by atoms with Crippen molar-refractivity contribution in [2.24, 2.45) is 17.6 Å². The molecule has 2 fully saturated rings. The number of nitrogens with zero attached hydrogens (tertiary/aromatic N) is 1. The molecule has 20 heavy (non-hydrogen) atoms. The highest BCUT2D eigenvalue weighted by atomic mass is 35.5. The molecule has 112 valence electrons. The fraction of sp³-hybridized carbons (Fsp3) is 0.714. The van der Waals surface area contributed by atoms with Crippen molar-refractivity contribution in [1.82, 2.24) is 10.3 Å². The molecule has 0 saturated heterocycles. The quantitative estimate of drug-likeness (QED) is 0.875. The molecule has 0 radical (unpaired) electrons. The number of hydrogen-bond donors (Lipinski definition) is 2. The Labute approximate surface area is 125 Å². The largest absolute Gasteiger partial charge is 0.448 e. The molecule has 5 nitrogen and oxygen atoms in total. The molecule has 1 heterocycles. The summed E-state index contributed by atoms with van der Waals surface area (Å²) < 4.78 is 5.09. The van der Waals surface area contributed by atoms with Crippen molar-refractivity contribution in [1.29, 1.82) is 0 Å². The Morgan fingerprint density at radius 3 is 2.60 bits per heavy atom. The molecule has 2 saturated carbocycles. The van der Waals surface area contributed by atoms with Gasteiger partial charge in [0.1, 0.15) is 5.76 Å². The van der Waals surface area contributed by atoms with Crippen LogP contribution in [0.25, 0.3) is 0 Å². The molecule has 6 heteroatoms. The van der Waals surface area contributed by atoms with Crippen LogP contribution in [0.4, 0.5) is 0 Å². The first-order chi connectivity index (χ1) is 9.15. The lowest BCUT2D eigenvalue weighted by Crippen LogP contribution is -2.53. The number of aromatic nitrogens is 1. The van der Waals surface area contributed by atoms with Gasteiger partial charge in [0.25, 0.3) is 5.91 Å². The third-order valence-corrected chi connectivity index (χ3v) is 4.63. The van der Waals surface area contributed by atoms with Crippen molar-refractivity contribution in [3.63, 3.8) is 0 Å². The molecular weight excluding hydrogens is 278 g/mol. The Balaban J connectivity index is 0.00000147. The summed E-state index contributed by atoms with van der Waals surface area (Å²) in [5, 5.41) is 3.17. The van der Waals surface area contributed by atoms with E-state index in [0.717, 1.165) is 12.8 Å². The van der Waals surface area contributed by atoms with Crippen molar-refractivity contribution in [2.75, 3.05) is 0 Å². The van der Waals surface area contributed by atoms with E-state index < -0.39 is 0 Å². The molecule has 3 N–H and O–H groups in total. The van der Waals surface area contributed by atoms with E-state index in [0.29, 0.717) is 29.3 Å². The summed E-state index contributed by atoms with van der Waals surface area (Å²) in [6.45, 7) is 1.76. The number of halogens is 1. The van der Waals surface area contributed by atoms with Crippen LogP contribution in [0.5, 0.6) is 0 Å². The van der Waals surface area contributed by atoms with E-state index in [-0.39, 0.29) is 24.4 Å². The maximum Gasteiger partial charge on any atom is 0.273 e. The van der Waals surface area contributed by atoms with Gasteiger partial charge in [-0.3, -0.25) is 4.79 Å². The normalized spacial score (nSPS) is 32.3. The highest BCUT2D eigenvalue weighted by Crippen LogP contribution is 2.39. The van der Waals surface area contributed by atoms with Gasteiger partial charge in [0.2, 0.25) is 0 Å². The van der Waals surface area contributed by atoms with Crippen LogP contribution >= 0.6 is 12.4 Å². The SMILES string of the molecule is Cc1ocnc1C(=O)NC1C2CCCC1CC(N)C2.Cl. The lowest BCUT2D eigenvalue weighted by molar-refractivity contribution is 0.0751. The number of carbonyl (C=O) groups is 1. The molecule has 2 aliphatic carbocycles. The van der Waals surface area contributed by atoms with Gasteiger partial charge in [-0.1, -0.05) is 6.42 Å². The zero-order valence-corrected chi connectivity index (χ0v) is 12.5. The molecular formula is C14H22ClN3O2. The number of carbonyl (C=O) groups excluding carboxylic acids is 1. The lowest BCUT2D eigenvalue weighted by atomic mass is 9.67. The van der Waals surface area contributed by atoms with Gasteiger partial charge in [0.05, 0.1) is 0 Å². The summed E-state index contributed by atoms with van der Waals surface area (Å²) >= 11 is 0. The Kier molecular flexibility index (Phi) is 4.70. The Hall–Kier alpha value is -1.07. The molecule has 1 aromatic heterocycles. The summed E-state index contributed by atoms with van der Waals surface area (Å²) in [4.78, 5) is 16.2. The van der Waals surface area contributed by atoms with Crippen molar-refractivity contribution in [3.05, 3.63) is 17.8 Å². The fourth-order valence-corrected chi connectivity index (χ4v) is 3.77. The van der Waals surface area contributed by atoms with Gasteiger partial charge in [-0.15, -0.1) is 12.4 Å². The van der Waals surface area contributed by atoms with Crippen LogP contribution in [0.2, 0.25) is 0 Å². The van der Waals surface area contributed by atoms with E-state index in [4.69, 9.17) is 10.2 Å². The van der Waals surface area contributed by atoms with Crippen LogP contribution in [0.3, 0.4) is 0 Å². The maximum absolute atomic E-state index is 12.2. The van der Waals surface area contributed by atoms with Crippen LogP contribution in [-0.2, 0) is 0 Å². The van der Waals surface area contributed by atoms with Crippen LogP contribution < -0.4 is 11.1 Å². The molecule has 0 spiro atoms. The zero-order valence-electron chi connectivity index (χ0n) is 11.7. The summed E-state index contributed by atoms with van der Waals surface area (Å²) in [7, 11) is 0. The van der Waals surface area contributed by atoms with E-state index in [2.05, 4.69) is 10.3 Å². The number of rotatable bonds is 2. The average Bonchev–Trinajstić information content (AvgIpc) is 2.76. The summed E-state index contributed by atoms with van der Waals surface area (Å²) in [6, 6.07) is 0.564. The summed E-state index contributed by atoms with van der Waals surface area (Å²) in [6.07, 6.45) is 6.98. The standard InChI is InChI=1S/C14H21N3O2.ClH/c1-8-12(16-7-19-8)14(18)17-13-9-3-2-4-10(13)6-11(15)5-9;/h7,9-11,13H,2-6,15H2,1H3,(H,17,18);1H. The minimum absolute atomic E-state index is 0. The first-order valence-electron chi connectivity index (χ1n) is 7.11. The van der Waals surface area contributed by atoms with E-state index in [9.17, 15) is 4.79 Å². The second-order valence-electron chi connectivity index (χ2n) is 5.94. The smallest absolute Gasteiger partial charge is 0.273 e. The number of oxazole rings is 1. The van der Waals surface area contributed by atoms with Gasteiger partial charge in [-0.2, -0.15) is 0 Å². The fourth-order valence-electron chi connectivity index (χ4n) is 3.77. The number of nitrogens with one attached hydrogen (secondary N) is 1. The topological polar surface area (TPSA) is 81.2 Å². The minimum atomic E-state index is -0.108. The highest BCUT2D eigenvalue weighted by molar-refractivity contribution is 5.93. The van der Waals surface area contributed by atoms with Gasteiger partial charge >= 0.3 is 0 Å². The number of aryl methyl sites for hydroxylation is 1. The van der Waals surface area contributed by atoms with E-state index >= 15 is 0 Å². The molecule has 2 atom stereocenters. The molecule has 2 unspecified atom stereocenters. The van der Waals surface area contributed by atoms with Crippen molar-refractivity contribution >= 4 is 18.3 Å². The number of hydrogen-bond acceptors (Lipinski definition) is 4. The molecule has 0 aliphatic heterocycles. The molecule has 3 rings (SSSR count). The number of nitrogens with two attached hydrogens (primary N) is 1. The summed E-state index contributed by atoms with van der Waals surface area (Å²) in [5.41, 5.74) is 6.51. The predicted octanol–water partition coefficient (Wildman–Crippen LogP) is 2.04. The molecule has 2 aliphatic rings. The molecule has 2 bridgehead atoms. The van der Waals surface area contributed by atoms with Crippen LogP contribution in [0.1, 0.15) is 48.4 Å². The Bertz CT molecular complexity index is 463. The monoisotopic (exact) mass is 299 g/mol. The van der Waals surface area contributed by atoms with Gasteiger partial charge in [0.15, 0.2) is 12.1 Å². The van der Waals surface area contributed by atoms with E-state index in [1.165, 1.54) is 25.7 Å². The van der Waals surface area contributed by atoms with Gasteiger partial charge in [-0.05, 0) is 44.4 Å². The van der Waals surface area contributed by atoms with Gasteiger partial charge in [-0.25, -0.2) is 4.98 Å². The predicted molar refractivity (Wildman–Crippen MR) is 77.8 cm³/mol. The second-order valence-corrected chi connectivity index (χ2v) is 5.94.